The molecule has 3 heterocycles. The summed E-state index contributed by atoms with van der Waals surface area (Å²) in [5.41, 5.74) is 2.21. The van der Waals surface area contributed by atoms with Gasteiger partial charge in [0.2, 0.25) is 0 Å². The van der Waals surface area contributed by atoms with Gasteiger partial charge in [0.25, 0.3) is 0 Å². The molecule has 5 atom stereocenters. The van der Waals surface area contributed by atoms with Gasteiger partial charge in [-0.2, -0.15) is 0 Å². The molecule has 2 bridgehead atoms. The highest BCUT2D eigenvalue weighted by Gasteiger charge is 2.55. The van der Waals surface area contributed by atoms with E-state index in [4.69, 9.17) is 14.2 Å². The number of hydrogen-bond acceptors (Lipinski definition) is 4. The first kappa shape index (κ1) is 19.6. The molecule has 3 rings (SSSR count). The summed E-state index contributed by atoms with van der Waals surface area (Å²) in [6, 6.07) is 0. The molecule has 0 aliphatic carbocycles. The van der Waals surface area contributed by atoms with Crippen molar-refractivity contribution in [3.63, 3.8) is 0 Å². The summed E-state index contributed by atoms with van der Waals surface area (Å²) in [5.74, 6) is 0.139. The molecule has 0 N–H and O–H groups in total. The third kappa shape index (κ3) is 4.40. The van der Waals surface area contributed by atoms with Gasteiger partial charge < -0.3 is 14.2 Å². The predicted molar refractivity (Wildman–Crippen MR) is 102 cm³/mol. The van der Waals surface area contributed by atoms with Crippen LogP contribution < -0.4 is 0 Å². The summed E-state index contributed by atoms with van der Waals surface area (Å²) in [7, 11) is 0. The van der Waals surface area contributed by atoms with E-state index in [9.17, 15) is 4.79 Å². The second-order valence-corrected chi connectivity index (χ2v) is 8.88. The maximum atomic E-state index is 11.7. The van der Waals surface area contributed by atoms with Crippen LogP contribution in [0.1, 0.15) is 73.1 Å². The standard InChI is InChI=1S/C22H34O4/c1-15-7-6-8-16(2)13-19-18(22(5)14-24-22)11-12-21(4,26-19)20(10-9-15)25-17(3)23/h7,13,18-20H,6,8-12,14H2,1-5H3/b15-7+,16-13+/t18-,19+,20+,21+,22?/m0/s1. The van der Waals surface area contributed by atoms with E-state index in [0.29, 0.717) is 5.92 Å². The maximum Gasteiger partial charge on any atom is 0.303 e. The van der Waals surface area contributed by atoms with E-state index in [0.717, 1.165) is 45.1 Å². The lowest BCUT2D eigenvalue weighted by Crippen LogP contribution is -2.53. The molecule has 0 radical (unpaired) electrons. The Labute approximate surface area is 158 Å². The Kier molecular flexibility index (Phi) is 5.64. The molecule has 3 aliphatic rings. The van der Waals surface area contributed by atoms with Gasteiger partial charge in [0, 0.05) is 12.8 Å². The number of epoxide rings is 1. The molecule has 0 aromatic rings. The quantitative estimate of drug-likeness (QED) is 0.405. The largest absolute Gasteiger partial charge is 0.459 e. The minimum Gasteiger partial charge on any atom is -0.459 e. The SMILES string of the molecule is CC(=O)O[C@@H]1CC/C(C)=C/CC/C(C)=C/[C@H]2O[C@]1(C)CC[C@@H]2C1(C)CO1. The van der Waals surface area contributed by atoms with Crippen LogP contribution in [0.25, 0.3) is 0 Å². The molecule has 0 aromatic carbocycles. The van der Waals surface area contributed by atoms with Gasteiger partial charge in [0.05, 0.1) is 18.3 Å². The third-order valence-corrected chi connectivity index (χ3v) is 6.41. The first-order valence-electron chi connectivity index (χ1n) is 10.0. The normalized spacial score (nSPS) is 45.2. The van der Waals surface area contributed by atoms with E-state index >= 15 is 0 Å². The molecular weight excluding hydrogens is 328 g/mol. The van der Waals surface area contributed by atoms with Gasteiger partial charge in [0.15, 0.2) is 0 Å². The Morgan fingerprint density at radius 3 is 2.54 bits per heavy atom. The van der Waals surface area contributed by atoms with Crippen molar-refractivity contribution in [1.82, 2.24) is 0 Å². The van der Waals surface area contributed by atoms with Crippen molar-refractivity contribution in [2.24, 2.45) is 5.92 Å². The van der Waals surface area contributed by atoms with E-state index in [-0.39, 0.29) is 23.8 Å². The second kappa shape index (κ2) is 7.47. The molecule has 4 nitrogen and oxygen atoms in total. The number of fused-ring (bicyclic) bond motifs is 2. The molecule has 0 aromatic heterocycles. The molecule has 3 aliphatic heterocycles. The first-order chi connectivity index (χ1) is 12.2. The van der Waals surface area contributed by atoms with Gasteiger partial charge in [-0.25, -0.2) is 0 Å². The summed E-state index contributed by atoms with van der Waals surface area (Å²) >= 11 is 0. The molecule has 4 heteroatoms. The summed E-state index contributed by atoms with van der Waals surface area (Å²) < 4.78 is 18.2. The van der Waals surface area contributed by atoms with Crippen LogP contribution in [0.3, 0.4) is 0 Å². The number of carbonyl (C=O) groups is 1. The first-order valence-corrected chi connectivity index (χ1v) is 10.0. The molecule has 0 saturated carbocycles. The summed E-state index contributed by atoms with van der Waals surface area (Å²) in [6.07, 6.45) is 10.2. The van der Waals surface area contributed by atoms with Crippen LogP contribution in [0.2, 0.25) is 0 Å². The molecule has 2 saturated heterocycles. The van der Waals surface area contributed by atoms with E-state index < -0.39 is 5.60 Å². The fourth-order valence-electron chi connectivity index (χ4n) is 4.49. The summed E-state index contributed by atoms with van der Waals surface area (Å²) in [5, 5.41) is 0. The maximum absolute atomic E-state index is 11.7. The molecule has 0 spiro atoms. The zero-order chi connectivity index (χ0) is 18.9. The highest BCUT2D eigenvalue weighted by molar-refractivity contribution is 5.66. The van der Waals surface area contributed by atoms with Gasteiger partial charge in [-0.1, -0.05) is 23.3 Å². The molecular formula is C22H34O4. The Morgan fingerprint density at radius 1 is 1.15 bits per heavy atom. The zero-order valence-corrected chi connectivity index (χ0v) is 17.0. The summed E-state index contributed by atoms with van der Waals surface area (Å²) in [4.78, 5) is 11.7. The second-order valence-electron chi connectivity index (χ2n) is 8.88. The number of esters is 1. The molecule has 1 unspecified atom stereocenters. The van der Waals surface area contributed by atoms with Crippen LogP contribution in [0.15, 0.2) is 23.3 Å². The Bertz CT molecular complexity index is 601. The van der Waals surface area contributed by atoms with Crippen LogP contribution in [0, 0.1) is 5.92 Å². The lowest BCUT2D eigenvalue weighted by molar-refractivity contribution is -0.202. The third-order valence-electron chi connectivity index (χ3n) is 6.41. The number of hydrogen-bond donors (Lipinski definition) is 0. The minimum absolute atomic E-state index is 0.0174. The van der Waals surface area contributed by atoms with Crippen LogP contribution in [0.4, 0.5) is 0 Å². The van der Waals surface area contributed by atoms with E-state index in [1.54, 1.807) is 0 Å². The van der Waals surface area contributed by atoms with E-state index in [1.807, 2.05) is 0 Å². The number of allylic oxidation sites excluding steroid dienone is 3. The topological polar surface area (TPSA) is 48.1 Å². The van der Waals surface area contributed by atoms with E-state index in [1.165, 1.54) is 18.1 Å². The van der Waals surface area contributed by atoms with Gasteiger partial charge in [-0.05, 0) is 66.2 Å². The van der Waals surface area contributed by atoms with Crippen LogP contribution in [-0.4, -0.2) is 36.0 Å². The lowest BCUT2D eigenvalue weighted by atomic mass is 9.76. The fourth-order valence-corrected chi connectivity index (χ4v) is 4.49. The van der Waals surface area contributed by atoms with Crippen molar-refractivity contribution in [3.8, 4) is 0 Å². The average molecular weight is 363 g/mol. The fraction of sp³-hybridized carbons (Fsp3) is 0.773. The number of rotatable bonds is 2. The van der Waals surface area contributed by atoms with Crippen molar-refractivity contribution in [2.45, 2.75) is 96.6 Å². The average Bonchev–Trinajstić information content (AvgIpc) is 3.28. The molecule has 0 amide bonds. The lowest BCUT2D eigenvalue weighted by Gasteiger charge is -2.47. The van der Waals surface area contributed by atoms with Crippen LogP contribution in [0.5, 0.6) is 0 Å². The minimum atomic E-state index is -0.450. The Morgan fingerprint density at radius 2 is 1.88 bits per heavy atom. The smallest absolute Gasteiger partial charge is 0.303 e. The van der Waals surface area contributed by atoms with Crippen molar-refractivity contribution in [2.75, 3.05) is 6.61 Å². The zero-order valence-electron chi connectivity index (χ0n) is 17.0. The highest BCUT2D eigenvalue weighted by atomic mass is 16.6. The van der Waals surface area contributed by atoms with Crippen molar-refractivity contribution < 1.29 is 19.0 Å². The van der Waals surface area contributed by atoms with Crippen molar-refractivity contribution in [1.29, 1.82) is 0 Å². The molecule has 146 valence electrons. The van der Waals surface area contributed by atoms with Crippen molar-refractivity contribution >= 4 is 5.97 Å². The van der Waals surface area contributed by atoms with E-state index in [2.05, 4.69) is 39.8 Å². The number of carbonyl (C=O) groups excluding carboxylic acids is 1. The molecule has 2 fully saturated rings. The summed E-state index contributed by atoms with van der Waals surface area (Å²) in [6.45, 7) is 11.0. The highest BCUT2D eigenvalue weighted by Crippen LogP contribution is 2.48. The van der Waals surface area contributed by atoms with Gasteiger partial charge >= 0.3 is 5.97 Å². The predicted octanol–water partition coefficient (Wildman–Crippen LogP) is 4.73. The Hall–Kier alpha value is -1.13. The monoisotopic (exact) mass is 362 g/mol. The van der Waals surface area contributed by atoms with Crippen molar-refractivity contribution in [3.05, 3.63) is 23.3 Å². The van der Waals surface area contributed by atoms with Crippen LogP contribution >= 0.6 is 0 Å². The van der Waals surface area contributed by atoms with Crippen LogP contribution in [-0.2, 0) is 19.0 Å². The number of ether oxygens (including phenoxy) is 3. The molecule has 26 heavy (non-hydrogen) atoms. The Balaban J connectivity index is 1.91. The van der Waals surface area contributed by atoms with Gasteiger partial charge in [-0.3, -0.25) is 4.79 Å². The van der Waals surface area contributed by atoms with Gasteiger partial charge in [0.1, 0.15) is 11.7 Å². The van der Waals surface area contributed by atoms with Gasteiger partial charge in [-0.15, -0.1) is 0 Å².